The van der Waals surface area contributed by atoms with Gasteiger partial charge in [-0.05, 0) is 43.4 Å². The average Bonchev–Trinajstić information content (AvgIpc) is 2.95. The molecule has 0 spiro atoms. The van der Waals surface area contributed by atoms with Gasteiger partial charge in [0.05, 0.1) is 38.4 Å². The first-order valence-corrected chi connectivity index (χ1v) is 16.4. The SMILES string of the molecule is C=C1COCCOCCNC(=O)[C@@H](CC(C)=O)CSC(=O)[C@H](Cc2cccc(Cl)c2)CC(=O)[C@H](CC2CCCCC2)N1. The number of halogens is 1. The van der Waals surface area contributed by atoms with E-state index in [1.54, 1.807) is 6.07 Å². The van der Waals surface area contributed by atoms with Crippen molar-refractivity contribution in [3.8, 4) is 0 Å². The number of ether oxygens (including phenoxy) is 2. The molecular weight excluding hydrogens is 576 g/mol. The molecule has 1 aromatic carbocycles. The van der Waals surface area contributed by atoms with E-state index >= 15 is 0 Å². The van der Waals surface area contributed by atoms with Gasteiger partial charge < -0.3 is 24.9 Å². The number of nitrogens with one attached hydrogen (secondary N) is 2. The summed E-state index contributed by atoms with van der Waals surface area (Å²) in [6, 6.07) is 6.83. The van der Waals surface area contributed by atoms with Crippen LogP contribution in [-0.4, -0.2) is 67.4 Å². The molecule has 0 bridgehead atoms. The molecule has 1 aliphatic heterocycles. The minimum atomic E-state index is -0.659. The van der Waals surface area contributed by atoms with E-state index in [-0.39, 0.29) is 54.3 Å². The predicted octanol–water partition coefficient (Wildman–Crippen LogP) is 4.92. The Hall–Kier alpha value is -2.20. The summed E-state index contributed by atoms with van der Waals surface area (Å²) in [5.74, 6) is -1.14. The molecule has 1 aliphatic carbocycles. The summed E-state index contributed by atoms with van der Waals surface area (Å²) in [5, 5.41) is 6.52. The van der Waals surface area contributed by atoms with E-state index < -0.39 is 17.9 Å². The molecule has 1 aromatic rings. The Kier molecular flexibility index (Phi) is 15.1. The summed E-state index contributed by atoms with van der Waals surface area (Å²) >= 11 is 7.25. The quantitative estimate of drug-likeness (QED) is 0.461. The molecule has 1 saturated carbocycles. The number of rotatable bonds is 6. The van der Waals surface area contributed by atoms with Gasteiger partial charge >= 0.3 is 0 Å². The van der Waals surface area contributed by atoms with Crippen molar-refractivity contribution in [3.05, 3.63) is 47.1 Å². The first-order valence-electron chi connectivity index (χ1n) is 15.0. The van der Waals surface area contributed by atoms with E-state index in [0.29, 0.717) is 49.3 Å². The van der Waals surface area contributed by atoms with Gasteiger partial charge in [0.15, 0.2) is 10.9 Å². The van der Waals surface area contributed by atoms with Crippen molar-refractivity contribution in [1.29, 1.82) is 0 Å². The van der Waals surface area contributed by atoms with E-state index in [4.69, 9.17) is 21.1 Å². The molecule has 0 aromatic heterocycles. The van der Waals surface area contributed by atoms with Gasteiger partial charge in [-0.15, -0.1) is 0 Å². The monoisotopic (exact) mass is 620 g/mol. The maximum Gasteiger partial charge on any atom is 0.224 e. The summed E-state index contributed by atoms with van der Waals surface area (Å²) in [6.07, 6.45) is 6.85. The van der Waals surface area contributed by atoms with E-state index in [9.17, 15) is 19.2 Å². The van der Waals surface area contributed by atoms with E-state index in [2.05, 4.69) is 17.2 Å². The number of hydrogen-bond donors (Lipinski definition) is 2. The maximum atomic E-state index is 13.9. The summed E-state index contributed by atoms with van der Waals surface area (Å²) in [4.78, 5) is 52.4. The van der Waals surface area contributed by atoms with Crippen LogP contribution in [0.4, 0.5) is 0 Å². The second-order valence-corrected chi connectivity index (χ2v) is 12.9. The fourth-order valence-corrected chi connectivity index (χ4v) is 6.82. The van der Waals surface area contributed by atoms with Crippen LogP contribution in [0.15, 0.2) is 36.5 Å². The number of ketones is 2. The van der Waals surface area contributed by atoms with Crippen LogP contribution in [0.3, 0.4) is 0 Å². The Balaban J connectivity index is 1.83. The van der Waals surface area contributed by atoms with Crippen molar-refractivity contribution in [2.75, 3.05) is 38.7 Å². The van der Waals surface area contributed by atoms with Crippen LogP contribution in [-0.2, 0) is 35.1 Å². The van der Waals surface area contributed by atoms with Crippen molar-refractivity contribution >= 4 is 46.0 Å². The van der Waals surface area contributed by atoms with Gasteiger partial charge in [-0.3, -0.25) is 14.4 Å². The summed E-state index contributed by atoms with van der Waals surface area (Å²) in [6.45, 7) is 7.05. The van der Waals surface area contributed by atoms with Crippen LogP contribution in [0.2, 0.25) is 5.02 Å². The van der Waals surface area contributed by atoms with Crippen molar-refractivity contribution in [3.63, 3.8) is 0 Å². The fraction of sp³-hybridized carbons (Fsp3) is 0.625. The number of carbonyl (C=O) groups is 4. The number of Topliss-reactive ketones (excluding diaryl/α,β-unsaturated/α-hetero) is 2. The molecule has 232 valence electrons. The van der Waals surface area contributed by atoms with Crippen LogP contribution >= 0.6 is 23.4 Å². The minimum Gasteiger partial charge on any atom is -0.377 e. The number of carbonyl (C=O) groups excluding carboxylic acids is 4. The Labute approximate surface area is 259 Å². The molecule has 0 unspecified atom stereocenters. The zero-order chi connectivity index (χ0) is 30.3. The first kappa shape index (κ1) is 34.3. The number of benzene rings is 1. The molecule has 3 atom stereocenters. The van der Waals surface area contributed by atoms with E-state index in [1.807, 2.05) is 18.2 Å². The normalized spacial score (nSPS) is 25.0. The fourth-order valence-electron chi connectivity index (χ4n) is 5.57. The van der Waals surface area contributed by atoms with Crippen LogP contribution in [0, 0.1) is 17.8 Å². The summed E-state index contributed by atoms with van der Waals surface area (Å²) < 4.78 is 11.3. The zero-order valence-corrected chi connectivity index (χ0v) is 26.2. The molecule has 0 radical (unpaired) electrons. The summed E-state index contributed by atoms with van der Waals surface area (Å²) in [5.41, 5.74) is 1.48. The molecule has 2 N–H and O–H groups in total. The molecule has 42 heavy (non-hydrogen) atoms. The number of amides is 1. The zero-order valence-electron chi connectivity index (χ0n) is 24.7. The minimum absolute atomic E-state index is 0.0359. The third-order valence-corrected chi connectivity index (χ3v) is 9.16. The molecule has 1 heterocycles. The highest BCUT2D eigenvalue weighted by molar-refractivity contribution is 8.13. The van der Waals surface area contributed by atoms with Crippen LogP contribution in [0.25, 0.3) is 0 Å². The van der Waals surface area contributed by atoms with Crippen molar-refractivity contribution in [1.82, 2.24) is 10.6 Å². The van der Waals surface area contributed by atoms with Crippen molar-refractivity contribution < 1.29 is 28.7 Å². The Morgan fingerprint density at radius 3 is 2.57 bits per heavy atom. The third-order valence-electron chi connectivity index (χ3n) is 7.74. The van der Waals surface area contributed by atoms with Gasteiger partial charge in [0, 0.05) is 41.8 Å². The van der Waals surface area contributed by atoms with Gasteiger partial charge in [0.25, 0.3) is 0 Å². The standard InChI is InChI=1S/C32H45ClN2O6S/c1-22-20-41-14-13-40-12-11-34-31(38)27(15-23(2)36)21-42-32(39)26(16-25-9-6-10-28(33)17-25)19-30(37)29(35-22)18-24-7-4-3-5-8-24/h6,9-10,17,24,26-27,29,35H,1,3-5,7-8,11-16,18-21H2,2H3,(H,34,38)/t26-,27+,29+/m1/s1. The van der Waals surface area contributed by atoms with E-state index in [1.165, 1.54) is 13.3 Å². The number of hydrogen-bond acceptors (Lipinski definition) is 8. The predicted molar refractivity (Wildman–Crippen MR) is 166 cm³/mol. The Morgan fingerprint density at radius 2 is 1.83 bits per heavy atom. The average molecular weight is 621 g/mol. The van der Waals surface area contributed by atoms with Gasteiger partial charge in [0.1, 0.15) is 5.78 Å². The Morgan fingerprint density at radius 1 is 1.07 bits per heavy atom. The van der Waals surface area contributed by atoms with Crippen molar-refractivity contribution in [2.45, 2.75) is 70.8 Å². The lowest BCUT2D eigenvalue weighted by Crippen LogP contribution is -2.40. The second kappa shape index (κ2) is 18.5. The van der Waals surface area contributed by atoms with Crippen LogP contribution in [0.1, 0.15) is 63.9 Å². The summed E-state index contributed by atoms with van der Waals surface area (Å²) in [7, 11) is 0. The van der Waals surface area contributed by atoms with E-state index in [0.717, 1.165) is 43.0 Å². The molecular formula is C32H45ClN2O6S. The maximum absolute atomic E-state index is 13.9. The van der Waals surface area contributed by atoms with Crippen molar-refractivity contribution in [2.24, 2.45) is 17.8 Å². The number of thioether (sulfide) groups is 1. The lowest BCUT2D eigenvalue weighted by molar-refractivity contribution is -0.128. The lowest BCUT2D eigenvalue weighted by Gasteiger charge is -2.28. The third kappa shape index (κ3) is 12.6. The molecule has 8 nitrogen and oxygen atoms in total. The molecule has 2 fully saturated rings. The van der Waals surface area contributed by atoms with Gasteiger partial charge in [-0.25, -0.2) is 0 Å². The Bertz CT molecular complexity index is 1080. The van der Waals surface area contributed by atoms with Gasteiger partial charge in [-0.2, -0.15) is 0 Å². The topological polar surface area (TPSA) is 111 Å². The van der Waals surface area contributed by atoms with Crippen LogP contribution in [0.5, 0.6) is 0 Å². The van der Waals surface area contributed by atoms with Crippen LogP contribution < -0.4 is 10.6 Å². The molecule has 2 aliphatic rings. The molecule has 3 rings (SSSR count). The highest BCUT2D eigenvalue weighted by Crippen LogP contribution is 2.30. The largest absolute Gasteiger partial charge is 0.377 e. The first-order chi connectivity index (χ1) is 20.2. The molecule has 1 amide bonds. The molecule has 1 saturated heterocycles. The smallest absolute Gasteiger partial charge is 0.224 e. The highest BCUT2D eigenvalue weighted by Gasteiger charge is 2.31. The highest BCUT2D eigenvalue weighted by atomic mass is 35.5. The molecule has 10 heteroatoms. The van der Waals surface area contributed by atoms with Gasteiger partial charge in [0.2, 0.25) is 5.91 Å². The second-order valence-electron chi connectivity index (χ2n) is 11.4. The lowest BCUT2D eigenvalue weighted by atomic mass is 9.82. The van der Waals surface area contributed by atoms with Gasteiger partial charge in [-0.1, -0.05) is 74.2 Å².